The molecule has 0 aliphatic heterocycles. The van der Waals surface area contributed by atoms with E-state index in [1.165, 1.54) is 50.6 Å². The number of nitrogens with one attached hydrogen (secondary N) is 6. The number of aliphatic carboxylic acids is 6. The second-order valence-electron chi connectivity index (χ2n) is 35.3. The molecular weight excluding hydrogens is 1870 g/mol. The number of carbonyl (C=O) groups is 13. The van der Waals surface area contributed by atoms with Crippen molar-refractivity contribution in [2.24, 2.45) is 0 Å². The maximum atomic E-state index is 13.2. The number of hydrogen-bond acceptors (Lipinski definition) is 37. The van der Waals surface area contributed by atoms with Gasteiger partial charge in [0.1, 0.15) is 125 Å². The number of methoxy groups -OCH3 is 2. The van der Waals surface area contributed by atoms with Crippen molar-refractivity contribution in [3.05, 3.63) is 132 Å². The van der Waals surface area contributed by atoms with Crippen LogP contribution in [0.25, 0.3) is 11.5 Å². The first-order valence-corrected chi connectivity index (χ1v) is 42.0. The van der Waals surface area contributed by atoms with Crippen LogP contribution < -0.4 is 99.5 Å². The van der Waals surface area contributed by atoms with Crippen molar-refractivity contribution in [2.45, 2.75) is 208 Å². The zero-order valence-electron chi connectivity index (χ0n) is 81.7. The number of anilines is 6. The molecule has 24 N–H and O–H groups in total. The van der Waals surface area contributed by atoms with Crippen LogP contribution in [0.3, 0.4) is 0 Å². The number of aryl methyl sites for hydroxylation is 2. The summed E-state index contributed by atoms with van der Waals surface area (Å²) < 4.78 is 103. The standard InChI is InChI=1S/C17H22N4O6.C16H22N2O7.C15H22N2O6.2C14H19FN2O5.C14H21N3O5/c1-9-20-21-14(26-9)10-5-6-13(11(18)7-10)25-8-12(15(22)23)19-16(24)27-17(2,3)4;1-16(2,3)25-15(22)18-11(13(19)20)8-24-12-6-5-9(7-10(12)17)14(21)23-4;1-15(2,3)23-14(20)17-11(13(18)19)8-22-12-6-5-9(21-4)7-10(12)16;1-14(2,3)22-13(20)17-10(12(18)19)7-21-11-5-4-8(15)6-9(11)16;1-14(2,3)22-13(20)17-9(12(18)19)7-21-10-6-4-5-8(15)11(10)16;1-8-5-6-9(15)11(16-8)21-7-10(12(18)19)17-13(20)22-14(2,3)4/h5-7,12H,8,18H2,1-4H3,(H,19,24)(H,22,23);5-7,11H,8,17H2,1-4H3,(H,18,22)(H,19,20);5-7,11H,8,16H2,1-4H3,(H,17,20)(H,18,19);4-6,10H,7,16H2,1-3H3,(H,17,20)(H,18,19);4-6,9H,7,16H2,1-3H3,(H,17,20)(H,18,19);5-6,10H,7,15H2,1-4H3,(H,17,20)(H,18,19)/t12-;2*11-;10-;9-;10-/m000000/s1. The number of para-hydroxylation sites is 1. The second kappa shape index (κ2) is 55.1. The van der Waals surface area contributed by atoms with E-state index in [4.69, 9.17) is 121 Å². The lowest BCUT2D eigenvalue weighted by Gasteiger charge is -2.22. The zero-order valence-corrected chi connectivity index (χ0v) is 81.7. The van der Waals surface area contributed by atoms with E-state index in [0.29, 0.717) is 40.2 Å². The monoisotopic (exact) mass is 2000 g/mol. The van der Waals surface area contributed by atoms with Gasteiger partial charge in [-0.1, -0.05) is 6.07 Å². The number of amides is 6. The number of carbonyl (C=O) groups excluding carboxylic acids is 7. The fourth-order valence-electron chi connectivity index (χ4n) is 9.66. The number of ether oxygens (including phenoxy) is 14. The number of benzene rings is 5. The van der Waals surface area contributed by atoms with Crippen molar-refractivity contribution in [2.75, 3.05) is 88.3 Å². The molecule has 0 spiro atoms. The first kappa shape index (κ1) is 121. The van der Waals surface area contributed by atoms with E-state index in [-0.39, 0.29) is 95.9 Å². The number of carboxylic acids is 6. The summed E-state index contributed by atoms with van der Waals surface area (Å²) in [6.45, 7) is 31.2. The van der Waals surface area contributed by atoms with Gasteiger partial charge in [-0.25, -0.2) is 76.1 Å². The molecule has 7 rings (SSSR count). The number of aromatic nitrogens is 3. The van der Waals surface area contributed by atoms with Gasteiger partial charge in [0.15, 0.2) is 36.3 Å². The number of carboxylic acid groups (broad SMARTS) is 6. The van der Waals surface area contributed by atoms with Gasteiger partial charge in [-0.3, -0.25) is 0 Å². The highest BCUT2D eigenvalue weighted by molar-refractivity contribution is 5.91. The van der Waals surface area contributed by atoms with E-state index in [1.807, 2.05) is 0 Å². The first-order chi connectivity index (χ1) is 65.0. The summed E-state index contributed by atoms with van der Waals surface area (Å²) in [7, 11) is 2.74. The van der Waals surface area contributed by atoms with E-state index in [2.05, 4.69) is 51.8 Å². The van der Waals surface area contributed by atoms with Crippen LogP contribution in [0.15, 0.2) is 108 Å². The number of alkyl carbamates (subject to hydrolysis) is 6. The van der Waals surface area contributed by atoms with Gasteiger partial charge in [0.05, 0.1) is 48.2 Å². The van der Waals surface area contributed by atoms with Crippen molar-refractivity contribution in [3.8, 4) is 51.8 Å². The Bertz CT molecular complexity index is 5340. The molecule has 6 amide bonds. The van der Waals surface area contributed by atoms with Crippen molar-refractivity contribution in [1.29, 1.82) is 0 Å². The Morgan fingerprint density at radius 3 is 0.972 bits per heavy atom. The predicted octanol–water partition coefficient (Wildman–Crippen LogP) is 9.89. The highest BCUT2D eigenvalue weighted by Crippen LogP contribution is 2.31. The van der Waals surface area contributed by atoms with E-state index in [0.717, 1.165) is 18.2 Å². The Balaban J connectivity index is 0.000000573. The number of nitrogens with two attached hydrogens (primary N) is 6. The number of halogens is 2. The largest absolute Gasteiger partial charge is 0.497 e. The Labute approximate surface area is 809 Å². The topological polar surface area (TPSA) is 753 Å². The van der Waals surface area contributed by atoms with Gasteiger partial charge in [-0.2, -0.15) is 0 Å². The minimum absolute atomic E-state index is 0.00256. The summed E-state index contributed by atoms with van der Waals surface area (Å²) in [6.07, 6.45) is -5.18. The Hall–Kier alpha value is -16.4. The van der Waals surface area contributed by atoms with E-state index < -0.39 is 166 Å². The minimum Gasteiger partial charge on any atom is -0.497 e. The lowest BCUT2D eigenvalue weighted by molar-refractivity contribution is -0.141. The van der Waals surface area contributed by atoms with E-state index >= 15 is 0 Å². The Morgan fingerprint density at radius 2 is 0.674 bits per heavy atom. The van der Waals surface area contributed by atoms with Gasteiger partial charge in [-0.05, 0) is 216 Å². The fraction of sp³-hybridized carbons (Fsp3) is 0.444. The van der Waals surface area contributed by atoms with Crippen molar-refractivity contribution in [3.63, 3.8) is 0 Å². The molecule has 141 heavy (non-hydrogen) atoms. The molecule has 0 aliphatic rings. The lowest BCUT2D eigenvalue weighted by Crippen LogP contribution is -2.46. The van der Waals surface area contributed by atoms with Gasteiger partial charge in [0.25, 0.3) is 0 Å². The SMILES string of the molecule is CC(C)(C)OC(=O)N[C@@H](COc1ccc(F)cc1N)C(=O)O.CC(C)(C)OC(=O)N[C@@H](COc1cccc(F)c1N)C(=O)O.COC(=O)c1ccc(OC[C@H](NC(=O)OC(C)(C)C)C(=O)O)c(N)c1.COc1ccc(OC[C@H](NC(=O)OC(C)(C)C)C(=O)O)c(N)c1.Cc1ccc(N)c(OC[C@H](NC(=O)OC(C)(C)C)C(=O)O)n1.Cc1nnc(-c2ccc(OC[C@H](NC(=O)OC(C)(C)C)C(=O)O)c(N)c2)o1. The third-order valence-electron chi connectivity index (χ3n) is 15.8. The number of hydrogen-bond donors (Lipinski definition) is 18. The fourth-order valence-corrected chi connectivity index (χ4v) is 9.66. The third kappa shape index (κ3) is 49.8. The molecule has 2 aromatic heterocycles. The summed E-state index contributed by atoms with van der Waals surface area (Å²) in [5.74, 6) is -7.21. The molecule has 0 unspecified atom stereocenters. The molecule has 0 radical (unpaired) electrons. The number of pyridine rings is 1. The summed E-state index contributed by atoms with van der Waals surface area (Å²) in [5, 5.41) is 75.7. The average molecular weight is 2000 g/mol. The maximum Gasteiger partial charge on any atom is 0.408 e. The second-order valence-corrected chi connectivity index (χ2v) is 35.3. The number of nitrogen functional groups attached to an aromatic ring is 6. The Morgan fingerprint density at radius 1 is 0.362 bits per heavy atom. The third-order valence-corrected chi connectivity index (χ3v) is 15.8. The van der Waals surface area contributed by atoms with E-state index in [1.54, 1.807) is 187 Å². The molecule has 49 nitrogen and oxygen atoms in total. The smallest absolute Gasteiger partial charge is 0.408 e. The molecular formula is C90H125F2N15O34. The highest BCUT2D eigenvalue weighted by Gasteiger charge is 2.33. The molecule has 0 fully saturated rings. The highest BCUT2D eigenvalue weighted by atomic mass is 19.1. The van der Waals surface area contributed by atoms with Crippen LogP contribution in [-0.4, -0.2) is 248 Å². The van der Waals surface area contributed by atoms with Crippen LogP contribution in [0.4, 0.5) is 71.7 Å². The van der Waals surface area contributed by atoms with Crippen molar-refractivity contribution in [1.82, 2.24) is 47.1 Å². The Kier molecular flexibility index (Phi) is 47.1. The van der Waals surface area contributed by atoms with Crippen LogP contribution >= 0.6 is 0 Å². The predicted molar refractivity (Wildman–Crippen MR) is 501 cm³/mol. The molecule has 2 heterocycles. The average Bonchev–Trinajstić information content (AvgIpc) is 1.73. The number of rotatable bonds is 33. The molecule has 0 aliphatic carbocycles. The van der Waals surface area contributed by atoms with Crippen LogP contribution in [0, 0.1) is 25.5 Å². The van der Waals surface area contributed by atoms with Gasteiger partial charge in [0, 0.05) is 30.3 Å². The molecule has 5 aromatic carbocycles. The number of nitrogens with zero attached hydrogens (tertiary/aromatic N) is 3. The maximum absolute atomic E-state index is 13.2. The van der Waals surface area contributed by atoms with Crippen LogP contribution in [-0.2, 0) is 61.9 Å². The van der Waals surface area contributed by atoms with Gasteiger partial charge in [-0.15, -0.1) is 10.2 Å². The summed E-state index contributed by atoms with van der Waals surface area (Å²) in [5.41, 5.74) is 32.0. The molecule has 0 saturated carbocycles. The summed E-state index contributed by atoms with van der Waals surface area (Å²) in [4.78, 5) is 152. The molecule has 0 bridgehead atoms. The van der Waals surface area contributed by atoms with E-state index in [9.17, 15) is 81.3 Å². The summed E-state index contributed by atoms with van der Waals surface area (Å²) >= 11 is 0. The minimum atomic E-state index is -1.36. The quantitative estimate of drug-likeness (QED) is 0.0103. The molecule has 7 aromatic rings. The van der Waals surface area contributed by atoms with Crippen LogP contribution in [0.2, 0.25) is 0 Å². The molecule has 6 atom stereocenters. The summed E-state index contributed by atoms with van der Waals surface area (Å²) in [6, 6.07) is 16.5. The lowest BCUT2D eigenvalue weighted by atomic mass is 10.2. The van der Waals surface area contributed by atoms with Gasteiger partial charge in [0.2, 0.25) is 17.7 Å². The number of esters is 1. The van der Waals surface area contributed by atoms with Crippen LogP contribution in [0.5, 0.6) is 40.4 Å². The van der Waals surface area contributed by atoms with Crippen molar-refractivity contribution < 1.29 is 172 Å². The molecule has 0 saturated heterocycles. The molecule has 778 valence electrons. The normalized spacial score (nSPS) is 12.3. The van der Waals surface area contributed by atoms with Gasteiger partial charge >= 0.3 is 78.3 Å². The van der Waals surface area contributed by atoms with Crippen LogP contribution in [0.1, 0.15) is 147 Å². The van der Waals surface area contributed by atoms with Gasteiger partial charge < -0.3 is 168 Å². The first-order valence-electron chi connectivity index (χ1n) is 42.0. The zero-order chi connectivity index (χ0) is 108. The van der Waals surface area contributed by atoms with Crippen molar-refractivity contribution >= 4 is 112 Å². The molecule has 51 heteroatoms.